The number of aliphatic hydroxyl groups is 1. The van der Waals surface area contributed by atoms with Gasteiger partial charge in [-0.2, -0.15) is 0 Å². The summed E-state index contributed by atoms with van der Waals surface area (Å²) in [6.07, 6.45) is 0.0855. The average molecular weight is 384 g/mol. The van der Waals surface area contributed by atoms with Crippen LogP contribution in [0.4, 0.5) is 5.69 Å². The van der Waals surface area contributed by atoms with Crippen LogP contribution in [0.15, 0.2) is 48.5 Å². The summed E-state index contributed by atoms with van der Waals surface area (Å²) in [6, 6.07) is 15.5. The van der Waals surface area contributed by atoms with Crippen molar-refractivity contribution in [2.45, 2.75) is 19.4 Å². The molecule has 3 rings (SSSR count). The van der Waals surface area contributed by atoms with Crippen LogP contribution in [0.25, 0.3) is 0 Å². The van der Waals surface area contributed by atoms with E-state index in [0.29, 0.717) is 0 Å². The number of aryl methyl sites for hydroxylation is 1. The van der Waals surface area contributed by atoms with Gasteiger partial charge in [-0.1, -0.05) is 37.3 Å². The summed E-state index contributed by atoms with van der Waals surface area (Å²) in [5.41, 5.74) is 2.96. The van der Waals surface area contributed by atoms with Gasteiger partial charge < -0.3 is 24.8 Å². The van der Waals surface area contributed by atoms with Crippen LogP contribution in [-0.2, 0) is 16.0 Å². The molecule has 1 aliphatic rings. The molecule has 1 unspecified atom stereocenters. The maximum atomic E-state index is 12.0. The normalized spacial score (nSPS) is 15.1. The van der Waals surface area contributed by atoms with E-state index in [2.05, 4.69) is 10.2 Å². The Hall–Kier alpha value is -2.57. The van der Waals surface area contributed by atoms with E-state index in [4.69, 9.17) is 9.47 Å². The number of para-hydroxylation sites is 1. The molecule has 150 valence electrons. The van der Waals surface area contributed by atoms with E-state index in [1.807, 2.05) is 55.5 Å². The Balaban J connectivity index is 1.45. The fraction of sp³-hybridized carbons (Fsp3) is 0.409. The predicted molar refractivity (Wildman–Crippen MR) is 109 cm³/mol. The van der Waals surface area contributed by atoms with Gasteiger partial charge in [0.05, 0.1) is 19.3 Å². The number of hydrogen-bond acceptors (Lipinski definition) is 5. The van der Waals surface area contributed by atoms with Crippen molar-refractivity contribution in [3.05, 3.63) is 59.7 Å². The number of nitrogens with one attached hydrogen (secondary N) is 1. The van der Waals surface area contributed by atoms with Gasteiger partial charge in [0.25, 0.3) is 5.91 Å². The van der Waals surface area contributed by atoms with Gasteiger partial charge in [-0.3, -0.25) is 4.79 Å². The lowest BCUT2D eigenvalue weighted by molar-refractivity contribution is -0.123. The Morgan fingerprint density at radius 1 is 1.18 bits per heavy atom. The van der Waals surface area contributed by atoms with Crippen molar-refractivity contribution >= 4 is 11.6 Å². The quantitative estimate of drug-likeness (QED) is 0.731. The molecule has 0 radical (unpaired) electrons. The van der Waals surface area contributed by atoms with Crippen molar-refractivity contribution in [3.8, 4) is 5.75 Å². The summed E-state index contributed by atoms with van der Waals surface area (Å²) in [4.78, 5) is 14.3. The van der Waals surface area contributed by atoms with Crippen LogP contribution in [0.1, 0.15) is 24.2 Å². The van der Waals surface area contributed by atoms with E-state index in [0.717, 1.165) is 55.3 Å². The van der Waals surface area contributed by atoms with Crippen LogP contribution in [-0.4, -0.2) is 50.5 Å². The van der Waals surface area contributed by atoms with Crippen molar-refractivity contribution in [2.24, 2.45) is 0 Å². The highest BCUT2D eigenvalue weighted by Gasteiger charge is 2.14. The summed E-state index contributed by atoms with van der Waals surface area (Å²) < 4.78 is 11.0. The summed E-state index contributed by atoms with van der Waals surface area (Å²) in [7, 11) is 0. The summed E-state index contributed by atoms with van der Waals surface area (Å²) in [6.45, 7) is 5.35. The highest BCUT2D eigenvalue weighted by atomic mass is 16.5. The molecule has 0 spiro atoms. The lowest BCUT2D eigenvalue weighted by atomic mass is 10.1. The number of amides is 1. The third-order valence-electron chi connectivity index (χ3n) is 4.86. The number of anilines is 1. The van der Waals surface area contributed by atoms with Gasteiger partial charge >= 0.3 is 0 Å². The van der Waals surface area contributed by atoms with Crippen LogP contribution in [0, 0.1) is 0 Å². The van der Waals surface area contributed by atoms with Gasteiger partial charge in [0.15, 0.2) is 6.61 Å². The van der Waals surface area contributed by atoms with E-state index >= 15 is 0 Å². The topological polar surface area (TPSA) is 71.0 Å². The van der Waals surface area contributed by atoms with Gasteiger partial charge in [0.2, 0.25) is 0 Å². The van der Waals surface area contributed by atoms with Crippen LogP contribution < -0.4 is 15.0 Å². The first-order valence-electron chi connectivity index (χ1n) is 9.75. The second-order valence-corrected chi connectivity index (χ2v) is 6.76. The van der Waals surface area contributed by atoms with Gasteiger partial charge in [-0.15, -0.1) is 0 Å². The standard InChI is InChI=1S/C22H28N2O4/c1-2-17-5-3-4-6-21(17)28-16-22(26)23-15-20(25)18-7-9-19(10-8-18)24-11-13-27-14-12-24/h3-10,20,25H,2,11-16H2,1H3,(H,23,26). The maximum Gasteiger partial charge on any atom is 0.258 e. The van der Waals surface area contributed by atoms with Crippen molar-refractivity contribution in [3.63, 3.8) is 0 Å². The fourth-order valence-corrected chi connectivity index (χ4v) is 3.19. The number of nitrogens with zero attached hydrogens (tertiary/aromatic N) is 1. The Kier molecular flexibility index (Phi) is 7.28. The second kappa shape index (κ2) is 10.1. The molecule has 1 fully saturated rings. The number of rotatable bonds is 8. The largest absolute Gasteiger partial charge is 0.483 e. The average Bonchev–Trinajstić information content (AvgIpc) is 2.77. The van der Waals surface area contributed by atoms with Gasteiger partial charge in [0.1, 0.15) is 5.75 Å². The first-order valence-corrected chi connectivity index (χ1v) is 9.75. The van der Waals surface area contributed by atoms with Crippen molar-refractivity contribution in [2.75, 3.05) is 44.4 Å². The zero-order chi connectivity index (χ0) is 19.8. The van der Waals surface area contributed by atoms with E-state index in [9.17, 15) is 9.90 Å². The number of morpholine rings is 1. The number of ether oxygens (including phenoxy) is 2. The molecule has 1 aliphatic heterocycles. The molecule has 6 nitrogen and oxygen atoms in total. The number of hydrogen-bond donors (Lipinski definition) is 2. The molecule has 0 aromatic heterocycles. The molecule has 6 heteroatoms. The monoisotopic (exact) mass is 384 g/mol. The highest BCUT2D eigenvalue weighted by molar-refractivity contribution is 5.77. The van der Waals surface area contributed by atoms with Crippen LogP contribution >= 0.6 is 0 Å². The Bertz CT molecular complexity index is 757. The Morgan fingerprint density at radius 3 is 2.61 bits per heavy atom. The number of carbonyl (C=O) groups excluding carboxylic acids is 1. The van der Waals surface area contributed by atoms with E-state index in [1.165, 1.54) is 0 Å². The zero-order valence-electron chi connectivity index (χ0n) is 16.3. The minimum absolute atomic E-state index is 0.0697. The van der Waals surface area contributed by atoms with Gasteiger partial charge in [-0.25, -0.2) is 0 Å². The minimum atomic E-state index is -0.759. The number of carbonyl (C=O) groups is 1. The molecule has 0 aliphatic carbocycles. The molecule has 1 saturated heterocycles. The third-order valence-corrected chi connectivity index (χ3v) is 4.86. The first-order chi connectivity index (χ1) is 13.7. The smallest absolute Gasteiger partial charge is 0.258 e. The Labute approximate surface area is 166 Å². The lowest BCUT2D eigenvalue weighted by Crippen LogP contribution is -2.36. The van der Waals surface area contributed by atoms with Crippen LogP contribution in [0.3, 0.4) is 0 Å². The molecule has 1 heterocycles. The summed E-state index contributed by atoms with van der Waals surface area (Å²) in [5.74, 6) is 0.467. The lowest BCUT2D eigenvalue weighted by Gasteiger charge is -2.29. The minimum Gasteiger partial charge on any atom is -0.483 e. The molecule has 28 heavy (non-hydrogen) atoms. The predicted octanol–water partition coefficient (Wildman–Crippen LogP) is 2.31. The maximum absolute atomic E-state index is 12.0. The second-order valence-electron chi connectivity index (χ2n) is 6.76. The van der Waals surface area contributed by atoms with E-state index in [-0.39, 0.29) is 19.1 Å². The molecule has 2 N–H and O–H groups in total. The van der Waals surface area contributed by atoms with E-state index < -0.39 is 6.10 Å². The van der Waals surface area contributed by atoms with Crippen LogP contribution in [0.2, 0.25) is 0 Å². The third kappa shape index (κ3) is 5.47. The van der Waals surface area contributed by atoms with Crippen molar-refractivity contribution < 1.29 is 19.4 Å². The van der Waals surface area contributed by atoms with Gasteiger partial charge in [0, 0.05) is 25.3 Å². The molecule has 2 aromatic rings. The van der Waals surface area contributed by atoms with Gasteiger partial charge in [-0.05, 0) is 35.7 Å². The zero-order valence-corrected chi connectivity index (χ0v) is 16.3. The first kappa shape index (κ1) is 20.2. The highest BCUT2D eigenvalue weighted by Crippen LogP contribution is 2.20. The van der Waals surface area contributed by atoms with Crippen molar-refractivity contribution in [1.82, 2.24) is 5.32 Å². The van der Waals surface area contributed by atoms with E-state index in [1.54, 1.807) is 0 Å². The fourth-order valence-electron chi connectivity index (χ4n) is 3.19. The summed E-state index contributed by atoms with van der Waals surface area (Å²) >= 11 is 0. The Morgan fingerprint density at radius 2 is 1.89 bits per heavy atom. The molecule has 2 aromatic carbocycles. The molecular weight excluding hydrogens is 356 g/mol. The molecule has 1 atom stereocenters. The summed E-state index contributed by atoms with van der Waals surface area (Å²) in [5, 5.41) is 13.1. The van der Waals surface area contributed by atoms with Crippen LogP contribution in [0.5, 0.6) is 5.75 Å². The SMILES string of the molecule is CCc1ccccc1OCC(=O)NCC(O)c1ccc(N2CCOCC2)cc1. The van der Waals surface area contributed by atoms with Crippen molar-refractivity contribution in [1.29, 1.82) is 0 Å². The molecular formula is C22H28N2O4. The number of aliphatic hydroxyl groups excluding tert-OH is 1. The molecule has 1 amide bonds. The number of benzene rings is 2. The molecule has 0 saturated carbocycles. The molecule has 0 bridgehead atoms.